The zero-order valence-corrected chi connectivity index (χ0v) is 28.9. The highest BCUT2D eigenvalue weighted by Crippen LogP contribution is 2.42. The Kier molecular flexibility index (Phi) is 14.4. The van der Waals surface area contributed by atoms with Crippen molar-refractivity contribution >= 4 is 45.0 Å². The molecule has 1 aliphatic heterocycles. The van der Waals surface area contributed by atoms with Crippen molar-refractivity contribution in [2.75, 3.05) is 43.5 Å². The minimum absolute atomic E-state index is 0.0111. The van der Waals surface area contributed by atoms with Gasteiger partial charge in [-0.25, -0.2) is 22.5 Å². The smallest absolute Gasteiger partial charge is 0.345 e. The fourth-order valence-corrected chi connectivity index (χ4v) is 6.42. The summed E-state index contributed by atoms with van der Waals surface area (Å²) in [7, 11) is 0. The molecule has 18 heteroatoms. The number of hydrogen-bond donors (Lipinski definition) is 6. The van der Waals surface area contributed by atoms with Crippen LogP contribution in [0.15, 0.2) is 31.1 Å². The first kappa shape index (κ1) is 41.2. The van der Waals surface area contributed by atoms with Gasteiger partial charge in [0.15, 0.2) is 5.82 Å². The molecule has 278 valence electrons. The van der Waals surface area contributed by atoms with Gasteiger partial charge >= 0.3 is 18.6 Å². The second-order valence-corrected chi connectivity index (χ2v) is 12.4. The van der Waals surface area contributed by atoms with Crippen molar-refractivity contribution in [1.29, 1.82) is 5.26 Å². The predicted octanol–water partition coefficient (Wildman–Crippen LogP) is 2.18. The molecule has 51 heavy (non-hydrogen) atoms. The van der Waals surface area contributed by atoms with Crippen molar-refractivity contribution < 1.29 is 52.6 Å². The molecule has 2 aromatic heterocycles. The lowest BCUT2D eigenvalue weighted by Crippen LogP contribution is -2.49. The van der Waals surface area contributed by atoms with Gasteiger partial charge in [0.2, 0.25) is 0 Å². The van der Waals surface area contributed by atoms with Crippen molar-refractivity contribution in [3.8, 4) is 12.1 Å². The van der Waals surface area contributed by atoms with Crippen LogP contribution in [-0.2, 0) is 4.74 Å². The molecular formula is C33H40F4N6O7S. The number of aliphatic hydroxyl groups excluding tert-OH is 1. The molecule has 0 amide bonds. The molecule has 1 aromatic carbocycles. The van der Waals surface area contributed by atoms with Crippen molar-refractivity contribution in [2.24, 2.45) is 5.92 Å². The summed E-state index contributed by atoms with van der Waals surface area (Å²) in [5, 5.41) is 54.5. The fraction of sp³-hybridized carbons (Fsp3) is 0.424. The van der Waals surface area contributed by atoms with Crippen LogP contribution in [0.5, 0.6) is 6.01 Å². The van der Waals surface area contributed by atoms with E-state index in [0.29, 0.717) is 38.1 Å². The lowest BCUT2D eigenvalue weighted by Gasteiger charge is -2.28. The molecule has 0 radical (unpaired) electrons. The van der Waals surface area contributed by atoms with Crippen molar-refractivity contribution in [3.63, 3.8) is 0 Å². The van der Waals surface area contributed by atoms with Crippen molar-refractivity contribution in [2.45, 2.75) is 52.2 Å². The highest BCUT2D eigenvalue weighted by molar-refractivity contribution is 7.14. The van der Waals surface area contributed by atoms with E-state index in [-0.39, 0.29) is 74.0 Å². The first-order valence-electron chi connectivity index (χ1n) is 15.5. The molecule has 1 saturated carbocycles. The maximum Gasteiger partial charge on any atom is 0.345 e. The van der Waals surface area contributed by atoms with Crippen LogP contribution >= 0.6 is 11.3 Å². The number of anilines is 2. The lowest BCUT2D eigenvalue weighted by atomic mass is 10.00. The summed E-state index contributed by atoms with van der Waals surface area (Å²) in [5.41, 5.74) is 5.27. The van der Waals surface area contributed by atoms with Gasteiger partial charge in [-0.05, 0) is 43.9 Å². The van der Waals surface area contributed by atoms with Crippen LogP contribution in [0.2, 0.25) is 0 Å². The molecule has 2 atom stereocenters. The molecule has 7 N–H and O–H groups in total. The third-order valence-corrected chi connectivity index (χ3v) is 9.05. The highest BCUT2D eigenvalue weighted by atomic mass is 32.1. The zero-order valence-electron chi connectivity index (χ0n) is 28.1. The first-order chi connectivity index (χ1) is 24.2. The van der Waals surface area contributed by atoms with Crippen LogP contribution in [0.3, 0.4) is 0 Å². The number of thiophene rings is 1. The summed E-state index contributed by atoms with van der Waals surface area (Å²) in [4.78, 5) is 11.0. The average Bonchev–Trinajstić information content (AvgIpc) is 3.81. The normalized spacial score (nSPS) is 18.3. The van der Waals surface area contributed by atoms with E-state index in [0.717, 1.165) is 28.7 Å². The summed E-state index contributed by atoms with van der Waals surface area (Å²) in [6.07, 6.45) is -0.986. The Morgan fingerprint density at radius 2 is 1.96 bits per heavy atom. The van der Waals surface area contributed by atoms with E-state index in [2.05, 4.69) is 23.1 Å². The molecule has 0 bridgehead atoms. The quantitative estimate of drug-likeness (QED) is 0.106. The standard InChI is InChI=1S/C23H20F3N5O4S.C8H16FNO3.C2H4/c1-9(16-12(7-27)20(28)36-15(16)6-24)17-13(25)5-11-19(18(17)26)29-22(35-23(32)33)30-21(11)31-2-3-34-8-10-4-14(10)31;1-3-10(8(11,12)13)5-4-7(2)6-9;1-2/h5-6,10,14,23,32-33H,2-4,8,28H2,1H3;6,11-13H,3-5H2,1-2H3;1-2H2/b15-6-,16-9+;7-6-;. The Morgan fingerprint density at radius 3 is 2.53 bits per heavy atom. The van der Waals surface area contributed by atoms with E-state index in [1.54, 1.807) is 13.8 Å². The third-order valence-electron chi connectivity index (χ3n) is 8.11. The molecule has 1 aliphatic carbocycles. The number of aliphatic hydroxyl groups is 5. The number of halogens is 4. The van der Waals surface area contributed by atoms with Crippen LogP contribution in [0.4, 0.5) is 28.4 Å². The van der Waals surface area contributed by atoms with E-state index >= 15 is 8.78 Å². The van der Waals surface area contributed by atoms with Gasteiger partial charge in [0.25, 0.3) is 0 Å². The van der Waals surface area contributed by atoms with Crippen LogP contribution in [-0.4, -0.2) is 91.9 Å². The monoisotopic (exact) mass is 740 g/mol. The molecule has 3 aromatic rings. The number of benzene rings is 1. The Labute approximate surface area is 294 Å². The van der Waals surface area contributed by atoms with Crippen LogP contribution in [0.1, 0.15) is 44.7 Å². The molecule has 2 aliphatic rings. The SMILES string of the molecule is C/C(c1c(F)cc2c(N3CCOCC4CC43)nc(OC(O)O)nc2c1F)=c1/c(C#N)c(N)s/c1=C\F.C=C.CCN(CC/C(C)=C\F)C(O)(O)O. The summed E-state index contributed by atoms with van der Waals surface area (Å²) < 4.78 is 67.4. The molecule has 1 saturated heterocycles. The first-order valence-corrected chi connectivity index (χ1v) is 16.3. The Hall–Kier alpha value is -4.19. The number of ether oxygens (including phenoxy) is 2. The Morgan fingerprint density at radius 1 is 1.27 bits per heavy atom. The van der Waals surface area contributed by atoms with E-state index in [1.807, 2.05) is 11.0 Å². The fourth-order valence-electron chi connectivity index (χ4n) is 5.53. The average molecular weight is 741 g/mol. The van der Waals surface area contributed by atoms with Crippen LogP contribution < -0.4 is 25.1 Å². The second kappa shape index (κ2) is 17.8. The van der Waals surface area contributed by atoms with Crippen LogP contribution in [0, 0.1) is 28.9 Å². The topological polar surface area (TPSA) is 202 Å². The third kappa shape index (κ3) is 9.58. The van der Waals surface area contributed by atoms with Crippen molar-refractivity contribution in [3.05, 3.63) is 63.6 Å². The van der Waals surface area contributed by atoms with E-state index in [9.17, 15) is 24.3 Å². The number of fused-ring (bicyclic) bond motifs is 2. The Bertz CT molecular complexity index is 1900. The highest BCUT2D eigenvalue weighted by Gasteiger charge is 2.45. The molecule has 13 nitrogen and oxygen atoms in total. The Balaban J connectivity index is 0.000000398. The number of hydrogen-bond acceptors (Lipinski definition) is 14. The summed E-state index contributed by atoms with van der Waals surface area (Å²) in [6, 6.07) is 2.43. The minimum atomic E-state index is -2.81. The van der Waals surface area contributed by atoms with Crippen molar-refractivity contribution in [1.82, 2.24) is 14.9 Å². The van der Waals surface area contributed by atoms with Gasteiger partial charge < -0.3 is 45.6 Å². The molecule has 3 heterocycles. The molecule has 5 rings (SSSR count). The van der Waals surface area contributed by atoms with E-state index in [4.69, 9.17) is 30.5 Å². The maximum atomic E-state index is 16.0. The molecule has 0 spiro atoms. The van der Waals surface area contributed by atoms with E-state index in [1.165, 1.54) is 6.92 Å². The predicted molar refractivity (Wildman–Crippen MR) is 182 cm³/mol. The minimum Gasteiger partial charge on any atom is -0.408 e. The van der Waals surface area contributed by atoms with Gasteiger partial charge in [-0.1, -0.05) is 6.92 Å². The van der Waals surface area contributed by atoms with Gasteiger partial charge in [-0.3, -0.25) is 0 Å². The number of nitriles is 1. The largest absolute Gasteiger partial charge is 0.408 e. The summed E-state index contributed by atoms with van der Waals surface area (Å²) in [5.74, 6) is -1.69. The lowest BCUT2D eigenvalue weighted by molar-refractivity contribution is -0.392. The molecule has 2 unspecified atom stereocenters. The van der Waals surface area contributed by atoms with Gasteiger partial charge in [-0.15, -0.1) is 24.5 Å². The number of nitrogens with zero attached hydrogens (tertiary/aromatic N) is 5. The van der Waals surface area contributed by atoms with Gasteiger partial charge in [0.1, 0.15) is 34.6 Å². The summed E-state index contributed by atoms with van der Waals surface area (Å²) >= 11 is 0.781. The number of nitrogens with two attached hydrogens (primary N) is 1. The number of aromatic nitrogens is 2. The molecular weight excluding hydrogens is 700 g/mol. The second-order valence-electron chi connectivity index (χ2n) is 11.4. The number of nitrogen functional groups attached to an aromatic ring is 1. The van der Waals surface area contributed by atoms with Gasteiger partial charge in [0.05, 0.1) is 35.2 Å². The van der Waals surface area contributed by atoms with Crippen LogP contribution in [0.25, 0.3) is 22.8 Å². The van der Waals surface area contributed by atoms with Gasteiger partial charge in [0, 0.05) is 42.2 Å². The molecule has 2 fully saturated rings. The number of rotatable bonds is 9. The van der Waals surface area contributed by atoms with Gasteiger partial charge in [-0.2, -0.15) is 15.2 Å². The summed E-state index contributed by atoms with van der Waals surface area (Å²) in [6.45, 7) is 10.1. The van der Waals surface area contributed by atoms with E-state index < -0.39 is 35.8 Å². The zero-order chi connectivity index (χ0) is 38.2. The maximum absolute atomic E-state index is 16.0.